The van der Waals surface area contributed by atoms with Gasteiger partial charge in [-0.1, -0.05) is 20.8 Å². The molecule has 0 atom stereocenters. The maximum atomic E-state index is 12.4. The maximum Gasteiger partial charge on any atom is 0.275 e. The second kappa shape index (κ2) is 10.5. The number of anilines is 1. The molecular weight excluding hydrogens is 498 g/mol. The van der Waals surface area contributed by atoms with E-state index in [9.17, 15) is 9.59 Å². The van der Waals surface area contributed by atoms with Crippen molar-refractivity contribution < 1.29 is 14.3 Å². The fourth-order valence-corrected chi connectivity index (χ4v) is 4.89. The van der Waals surface area contributed by atoms with Crippen molar-refractivity contribution in [1.29, 1.82) is 0 Å². The summed E-state index contributed by atoms with van der Waals surface area (Å²) in [5.41, 5.74) is 2.33. The van der Waals surface area contributed by atoms with Gasteiger partial charge in [-0.2, -0.15) is 0 Å². The Morgan fingerprint density at radius 2 is 1.72 bits per heavy atom. The number of hydrogen-bond donors (Lipinski definition) is 2. The Hall–Kier alpha value is -3.01. The standard InChI is InChI=1S/C26H31N5O3S.ClH/c1-14-18-21(27-19-15(2)22(32)29-23(19)33)28-25(26(3,4)5)30-24(18)35-20(14)16-8-10-17(11-9-16)34-13-12-31(6)7;/h8-11H,12-13H2,1-7H3,(H2,27,28,29,30,32,33);1H. The van der Waals surface area contributed by atoms with Gasteiger partial charge in [0.15, 0.2) is 0 Å². The minimum Gasteiger partial charge on any atom is -0.492 e. The average molecular weight is 530 g/mol. The smallest absolute Gasteiger partial charge is 0.275 e. The molecule has 0 aliphatic carbocycles. The summed E-state index contributed by atoms with van der Waals surface area (Å²) in [5.74, 6) is 1.17. The number of nitrogens with zero attached hydrogens (tertiary/aromatic N) is 3. The van der Waals surface area contributed by atoms with Crippen LogP contribution >= 0.6 is 23.7 Å². The number of halogens is 1. The number of carbonyl (C=O) groups excluding carboxylic acids is 2. The van der Waals surface area contributed by atoms with Gasteiger partial charge in [-0.3, -0.25) is 14.9 Å². The molecule has 1 aliphatic heterocycles. The number of carbonyl (C=O) groups is 2. The van der Waals surface area contributed by atoms with Crippen molar-refractivity contribution in [1.82, 2.24) is 20.2 Å². The zero-order valence-electron chi connectivity index (χ0n) is 21.6. The second-order valence-electron chi connectivity index (χ2n) is 9.97. The summed E-state index contributed by atoms with van der Waals surface area (Å²) in [7, 11) is 4.03. The van der Waals surface area contributed by atoms with Crippen LogP contribution in [0.15, 0.2) is 35.5 Å². The van der Waals surface area contributed by atoms with Crippen LogP contribution in [0.25, 0.3) is 20.7 Å². The SMILES string of the molecule is CC1=C(Nc2nc(C(C)(C)C)nc3sc(-c4ccc(OCCN(C)C)cc4)c(C)c23)C(=O)NC1=O.Cl. The van der Waals surface area contributed by atoms with E-state index in [4.69, 9.17) is 14.7 Å². The number of likely N-dealkylation sites (N-methyl/N-ethyl adjacent to an activating group) is 1. The van der Waals surface area contributed by atoms with Crippen LogP contribution < -0.4 is 15.4 Å². The van der Waals surface area contributed by atoms with Gasteiger partial charge in [0.05, 0.1) is 5.39 Å². The van der Waals surface area contributed by atoms with Gasteiger partial charge in [-0.15, -0.1) is 23.7 Å². The molecule has 3 heterocycles. The number of amides is 2. The lowest BCUT2D eigenvalue weighted by Gasteiger charge is -2.18. The fraction of sp³-hybridized carbons (Fsp3) is 0.385. The number of hydrogen-bond acceptors (Lipinski definition) is 8. The summed E-state index contributed by atoms with van der Waals surface area (Å²) in [6, 6.07) is 8.04. The second-order valence-corrected chi connectivity index (χ2v) is 11.0. The molecule has 8 nitrogen and oxygen atoms in total. The van der Waals surface area contributed by atoms with Crippen LogP contribution in [0, 0.1) is 6.92 Å². The van der Waals surface area contributed by atoms with Crippen LogP contribution in [0.4, 0.5) is 5.82 Å². The molecule has 4 rings (SSSR count). The number of imide groups is 1. The van der Waals surface area contributed by atoms with Gasteiger partial charge in [0.2, 0.25) is 0 Å². The van der Waals surface area contributed by atoms with Gasteiger partial charge in [0.1, 0.15) is 34.5 Å². The number of nitrogens with one attached hydrogen (secondary N) is 2. The summed E-state index contributed by atoms with van der Waals surface area (Å²) in [4.78, 5) is 38.0. The van der Waals surface area contributed by atoms with Crippen LogP contribution in [-0.2, 0) is 15.0 Å². The van der Waals surface area contributed by atoms with Gasteiger partial charge in [0, 0.05) is 22.4 Å². The maximum absolute atomic E-state index is 12.4. The molecule has 2 N–H and O–H groups in total. The molecule has 192 valence electrons. The third kappa shape index (κ3) is 5.53. The van der Waals surface area contributed by atoms with Crippen LogP contribution in [-0.4, -0.2) is 53.9 Å². The van der Waals surface area contributed by atoms with Crippen molar-refractivity contribution in [3.8, 4) is 16.2 Å². The summed E-state index contributed by atoms with van der Waals surface area (Å²) < 4.78 is 5.83. The predicted octanol–water partition coefficient (Wildman–Crippen LogP) is 4.67. The fourth-order valence-electron chi connectivity index (χ4n) is 3.70. The number of aryl methyl sites for hydroxylation is 1. The Balaban J connectivity index is 0.00000361. The summed E-state index contributed by atoms with van der Waals surface area (Å²) >= 11 is 1.59. The highest BCUT2D eigenvalue weighted by atomic mass is 35.5. The molecule has 0 fully saturated rings. The van der Waals surface area contributed by atoms with Crippen molar-refractivity contribution in [3.05, 3.63) is 46.9 Å². The number of aromatic nitrogens is 2. The number of ether oxygens (including phenoxy) is 1. The lowest BCUT2D eigenvalue weighted by molar-refractivity contribution is -0.124. The van der Waals surface area contributed by atoms with Gasteiger partial charge in [0.25, 0.3) is 11.8 Å². The third-order valence-electron chi connectivity index (χ3n) is 5.80. The first-order valence-corrected chi connectivity index (χ1v) is 12.3. The first kappa shape index (κ1) is 27.6. The Morgan fingerprint density at radius 1 is 1.06 bits per heavy atom. The molecule has 0 bridgehead atoms. The Labute approximate surface area is 221 Å². The molecule has 3 aromatic rings. The summed E-state index contributed by atoms with van der Waals surface area (Å²) in [5, 5.41) is 6.33. The first-order valence-electron chi connectivity index (χ1n) is 11.5. The molecule has 0 radical (unpaired) electrons. The minimum atomic E-state index is -0.450. The topological polar surface area (TPSA) is 96.5 Å². The Morgan fingerprint density at radius 3 is 2.28 bits per heavy atom. The van der Waals surface area contributed by atoms with E-state index in [1.807, 2.05) is 66.1 Å². The molecule has 2 aromatic heterocycles. The number of benzene rings is 1. The minimum absolute atomic E-state index is 0. The zero-order valence-corrected chi connectivity index (χ0v) is 23.2. The molecule has 0 saturated carbocycles. The van der Waals surface area contributed by atoms with Crippen molar-refractivity contribution in [2.45, 2.75) is 40.0 Å². The molecule has 0 saturated heterocycles. The molecule has 2 amide bonds. The van der Waals surface area contributed by atoms with Crippen LogP contribution in [0.3, 0.4) is 0 Å². The van der Waals surface area contributed by atoms with Crippen LogP contribution in [0.5, 0.6) is 5.75 Å². The van der Waals surface area contributed by atoms with E-state index in [2.05, 4.69) is 15.5 Å². The van der Waals surface area contributed by atoms with Crippen molar-refractivity contribution in [2.24, 2.45) is 0 Å². The molecule has 10 heteroatoms. The van der Waals surface area contributed by atoms with E-state index >= 15 is 0 Å². The van der Waals surface area contributed by atoms with Crippen molar-refractivity contribution in [2.75, 3.05) is 32.6 Å². The molecular formula is C26H32ClN5O3S. The number of fused-ring (bicyclic) bond motifs is 1. The van der Waals surface area contributed by atoms with E-state index in [0.717, 1.165) is 38.5 Å². The molecule has 1 aromatic carbocycles. The highest BCUT2D eigenvalue weighted by Gasteiger charge is 2.30. The highest BCUT2D eigenvalue weighted by Crippen LogP contribution is 2.41. The van der Waals surface area contributed by atoms with Gasteiger partial charge in [-0.05, 0) is 63.3 Å². The number of rotatable bonds is 7. The monoisotopic (exact) mass is 529 g/mol. The molecule has 36 heavy (non-hydrogen) atoms. The predicted molar refractivity (Wildman–Crippen MR) is 147 cm³/mol. The van der Waals surface area contributed by atoms with Crippen LogP contribution in [0.2, 0.25) is 0 Å². The quantitative estimate of drug-likeness (QED) is 0.429. The van der Waals surface area contributed by atoms with Crippen molar-refractivity contribution >= 4 is 51.6 Å². The lowest BCUT2D eigenvalue weighted by Crippen LogP contribution is -2.25. The Kier molecular flexibility index (Phi) is 8.07. The summed E-state index contributed by atoms with van der Waals surface area (Å²) in [6.07, 6.45) is 0. The molecule has 1 aliphatic rings. The van der Waals surface area contributed by atoms with E-state index in [-0.39, 0.29) is 23.5 Å². The molecule has 0 unspecified atom stereocenters. The average Bonchev–Trinajstić information content (AvgIpc) is 3.24. The van der Waals surface area contributed by atoms with Gasteiger partial charge >= 0.3 is 0 Å². The van der Waals surface area contributed by atoms with Crippen LogP contribution in [0.1, 0.15) is 39.1 Å². The lowest BCUT2D eigenvalue weighted by atomic mass is 9.95. The van der Waals surface area contributed by atoms with Crippen molar-refractivity contribution in [3.63, 3.8) is 0 Å². The third-order valence-corrected chi connectivity index (χ3v) is 7.03. The van der Waals surface area contributed by atoms with E-state index in [0.29, 0.717) is 23.8 Å². The first-order chi connectivity index (χ1) is 16.5. The van der Waals surface area contributed by atoms with Gasteiger partial charge in [-0.25, -0.2) is 9.97 Å². The van der Waals surface area contributed by atoms with Gasteiger partial charge < -0.3 is 15.0 Å². The largest absolute Gasteiger partial charge is 0.492 e. The molecule has 0 spiro atoms. The Bertz CT molecular complexity index is 1340. The summed E-state index contributed by atoms with van der Waals surface area (Å²) in [6.45, 7) is 11.3. The zero-order chi connectivity index (χ0) is 25.5. The van der Waals surface area contributed by atoms with E-state index in [1.54, 1.807) is 18.3 Å². The van der Waals surface area contributed by atoms with E-state index in [1.165, 1.54) is 0 Å². The number of thiophene rings is 1. The van der Waals surface area contributed by atoms with E-state index < -0.39 is 11.8 Å². The normalized spacial score (nSPS) is 13.9. The highest BCUT2D eigenvalue weighted by molar-refractivity contribution is 7.22.